The van der Waals surface area contributed by atoms with Crippen molar-refractivity contribution in [2.75, 3.05) is 31.5 Å². The lowest BCUT2D eigenvalue weighted by molar-refractivity contribution is 0.334. The second kappa shape index (κ2) is 11.5. The van der Waals surface area contributed by atoms with Crippen molar-refractivity contribution in [3.63, 3.8) is 0 Å². The summed E-state index contributed by atoms with van der Waals surface area (Å²) >= 11 is 0. The van der Waals surface area contributed by atoms with Crippen molar-refractivity contribution in [2.24, 2.45) is 0 Å². The van der Waals surface area contributed by atoms with Crippen LogP contribution in [0, 0.1) is 6.92 Å². The second-order valence-corrected chi connectivity index (χ2v) is 11.0. The summed E-state index contributed by atoms with van der Waals surface area (Å²) in [4.78, 5) is 14.6. The van der Waals surface area contributed by atoms with Gasteiger partial charge < -0.3 is 15.1 Å². The Morgan fingerprint density at radius 2 is 1.89 bits per heavy atom. The first kappa shape index (κ1) is 24.9. The van der Waals surface area contributed by atoms with Crippen LogP contribution >= 0.6 is 0 Å². The molecule has 3 aromatic rings. The molecule has 2 aromatic carbocycles. The van der Waals surface area contributed by atoms with E-state index in [1.54, 1.807) is 0 Å². The van der Waals surface area contributed by atoms with Gasteiger partial charge in [0.05, 0.1) is 5.69 Å². The van der Waals surface area contributed by atoms with Gasteiger partial charge in [-0.2, -0.15) is 0 Å². The molecule has 0 saturated carbocycles. The van der Waals surface area contributed by atoms with Gasteiger partial charge in [-0.05, 0) is 124 Å². The second-order valence-electron chi connectivity index (χ2n) is 11.0. The Morgan fingerprint density at radius 1 is 0.974 bits per heavy atom. The minimum Gasteiger partial charge on any atom is -0.369 e. The molecule has 4 heterocycles. The van der Waals surface area contributed by atoms with Crippen molar-refractivity contribution in [2.45, 2.75) is 58.4 Å². The van der Waals surface area contributed by atoms with Crippen molar-refractivity contribution in [3.8, 4) is 11.3 Å². The van der Waals surface area contributed by atoms with Crippen LogP contribution in [0.25, 0.3) is 17.3 Å². The van der Waals surface area contributed by atoms with Crippen LogP contribution in [-0.4, -0.2) is 45.9 Å². The highest BCUT2D eigenvalue weighted by atomic mass is 15.1. The molecule has 3 aliphatic rings. The molecule has 3 aliphatic heterocycles. The Kier molecular flexibility index (Phi) is 7.54. The fraction of sp³-hybridized carbons (Fsp3) is 0.394. The smallest absolute Gasteiger partial charge is 0.227 e. The average molecular weight is 506 g/mol. The topological polar surface area (TPSA) is 44.3 Å². The number of nitrogens with one attached hydrogen (secondary N) is 1. The molecule has 1 aromatic heterocycles. The predicted molar refractivity (Wildman–Crippen MR) is 157 cm³/mol. The number of aryl methyl sites for hydroxylation is 3. The summed E-state index contributed by atoms with van der Waals surface area (Å²) < 4.78 is 0. The van der Waals surface area contributed by atoms with E-state index in [0.29, 0.717) is 5.95 Å². The molecule has 7 bridgehead atoms. The Bertz CT molecular complexity index is 1340. The van der Waals surface area contributed by atoms with E-state index in [9.17, 15) is 0 Å². The van der Waals surface area contributed by atoms with Crippen LogP contribution in [0.2, 0.25) is 0 Å². The Balaban J connectivity index is 1.28. The quantitative estimate of drug-likeness (QED) is 0.391. The molecule has 1 fully saturated rings. The predicted octanol–water partition coefficient (Wildman–Crippen LogP) is 6.90. The van der Waals surface area contributed by atoms with E-state index in [0.717, 1.165) is 61.3 Å². The van der Waals surface area contributed by atoms with Crippen LogP contribution in [-0.2, 0) is 19.4 Å². The third-order valence-corrected chi connectivity index (χ3v) is 8.13. The van der Waals surface area contributed by atoms with E-state index >= 15 is 0 Å². The Hall–Kier alpha value is -3.44. The van der Waals surface area contributed by atoms with E-state index in [4.69, 9.17) is 4.98 Å². The summed E-state index contributed by atoms with van der Waals surface area (Å²) in [5.41, 5.74) is 9.88. The number of benzene rings is 2. The van der Waals surface area contributed by atoms with Crippen molar-refractivity contribution < 1.29 is 0 Å². The van der Waals surface area contributed by atoms with Crippen LogP contribution in [0.5, 0.6) is 0 Å². The number of rotatable bonds is 4. The lowest BCUT2D eigenvalue weighted by atomic mass is 9.97. The van der Waals surface area contributed by atoms with Gasteiger partial charge in [0, 0.05) is 36.7 Å². The first-order valence-electron chi connectivity index (χ1n) is 14.4. The van der Waals surface area contributed by atoms with Crippen LogP contribution < -0.4 is 5.32 Å². The maximum Gasteiger partial charge on any atom is 0.227 e. The zero-order valence-electron chi connectivity index (χ0n) is 22.6. The summed E-state index contributed by atoms with van der Waals surface area (Å²) in [6.45, 7) is 7.73. The highest BCUT2D eigenvalue weighted by Crippen LogP contribution is 2.29. The maximum atomic E-state index is 4.97. The van der Waals surface area contributed by atoms with Gasteiger partial charge in [-0.15, -0.1) is 0 Å². The maximum absolute atomic E-state index is 4.97. The molecule has 6 rings (SSSR count). The summed E-state index contributed by atoms with van der Waals surface area (Å²) in [6, 6.07) is 13.6. The summed E-state index contributed by atoms with van der Waals surface area (Å²) in [7, 11) is 0. The van der Waals surface area contributed by atoms with Crippen LogP contribution in [0.3, 0.4) is 0 Å². The molecule has 0 aliphatic carbocycles. The van der Waals surface area contributed by atoms with Gasteiger partial charge in [-0.3, -0.25) is 0 Å². The zero-order valence-corrected chi connectivity index (χ0v) is 22.6. The molecule has 5 nitrogen and oxygen atoms in total. The minimum atomic E-state index is 0.654. The lowest BCUT2D eigenvalue weighted by Crippen LogP contribution is -2.20. The normalized spacial score (nSPS) is 18.2. The van der Waals surface area contributed by atoms with Gasteiger partial charge in [0.2, 0.25) is 5.95 Å². The zero-order chi connectivity index (χ0) is 25.7. The summed E-state index contributed by atoms with van der Waals surface area (Å²) in [6.07, 6.45) is 19.5. The van der Waals surface area contributed by atoms with E-state index in [1.807, 2.05) is 6.20 Å². The van der Waals surface area contributed by atoms with Gasteiger partial charge in [0.15, 0.2) is 0 Å². The third-order valence-electron chi connectivity index (χ3n) is 8.13. The van der Waals surface area contributed by atoms with Gasteiger partial charge >= 0.3 is 0 Å². The highest BCUT2D eigenvalue weighted by molar-refractivity contribution is 5.69. The molecule has 1 N–H and O–H groups in total. The number of fused-ring (bicyclic) bond motifs is 7. The number of allylic oxidation sites excluding steroid dienone is 1. The van der Waals surface area contributed by atoms with Crippen molar-refractivity contribution in [1.82, 2.24) is 19.8 Å². The standard InChI is InChI=1S/C33H39N5/c1-25-23-34-33-35-31-14-13-26(10-8-19-37-16-6-7-17-37)28(22-31)9-4-2-3-5-18-38-20-15-27-11-12-29(32(25)36-33)21-30(27)24-38/h3,5,11-15,20-23H,2,4,6-10,16-19,24H2,1H3,(H,34,35,36)/b5-3-. The van der Waals surface area contributed by atoms with Gasteiger partial charge in [-0.25, -0.2) is 9.97 Å². The number of aromatic nitrogens is 2. The van der Waals surface area contributed by atoms with Crippen molar-refractivity contribution >= 4 is 17.7 Å². The van der Waals surface area contributed by atoms with Gasteiger partial charge in [-0.1, -0.05) is 30.4 Å². The average Bonchev–Trinajstić information content (AvgIpc) is 3.45. The first-order valence-corrected chi connectivity index (χ1v) is 14.4. The summed E-state index contributed by atoms with van der Waals surface area (Å²) in [5, 5.41) is 3.52. The number of hydrogen-bond acceptors (Lipinski definition) is 5. The molecule has 0 radical (unpaired) electrons. The highest BCUT2D eigenvalue weighted by Gasteiger charge is 2.15. The van der Waals surface area contributed by atoms with E-state index < -0.39 is 0 Å². The van der Waals surface area contributed by atoms with E-state index in [2.05, 4.69) is 87.9 Å². The van der Waals surface area contributed by atoms with Crippen molar-refractivity contribution in [3.05, 3.63) is 88.8 Å². The molecule has 0 amide bonds. The molecular weight excluding hydrogens is 466 g/mol. The fourth-order valence-electron chi connectivity index (χ4n) is 5.98. The largest absolute Gasteiger partial charge is 0.369 e. The fourth-order valence-corrected chi connectivity index (χ4v) is 5.98. The molecule has 38 heavy (non-hydrogen) atoms. The molecule has 196 valence electrons. The van der Waals surface area contributed by atoms with E-state index in [1.165, 1.54) is 61.2 Å². The molecule has 0 spiro atoms. The van der Waals surface area contributed by atoms with Crippen molar-refractivity contribution in [1.29, 1.82) is 0 Å². The molecule has 5 heteroatoms. The SMILES string of the molecule is Cc1cnc2nc1-c1ccc3c(c1)CN(C=C3)C/C=C\CCCc1cc(ccc1CCCN1CCCC1)N2. The molecule has 0 atom stereocenters. The van der Waals surface area contributed by atoms with E-state index in [-0.39, 0.29) is 0 Å². The number of anilines is 2. The molecular formula is C33H39N5. The van der Waals surface area contributed by atoms with Crippen LogP contribution in [0.4, 0.5) is 11.6 Å². The third kappa shape index (κ3) is 5.83. The Labute approximate surface area is 227 Å². The minimum absolute atomic E-state index is 0.654. The Morgan fingerprint density at radius 3 is 2.82 bits per heavy atom. The van der Waals surface area contributed by atoms with Gasteiger partial charge in [0.25, 0.3) is 0 Å². The number of hydrogen-bond donors (Lipinski definition) is 1. The number of likely N-dealkylation sites (tertiary alicyclic amines) is 1. The lowest BCUT2D eigenvalue weighted by Gasteiger charge is -2.25. The van der Waals surface area contributed by atoms with Crippen LogP contribution in [0.15, 0.2) is 60.9 Å². The molecule has 1 saturated heterocycles. The first-order chi connectivity index (χ1) is 18.7. The summed E-state index contributed by atoms with van der Waals surface area (Å²) in [5.74, 6) is 0.654. The van der Waals surface area contributed by atoms with Gasteiger partial charge in [0.1, 0.15) is 0 Å². The monoisotopic (exact) mass is 505 g/mol. The number of nitrogens with zero attached hydrogens (tertiary/aromatic N) is 4. The van der Waals surface area contributed by atoms with Crippen LogP contribution in [0.1, 0.15) is 59.9 Å². The molecule has 0 unspecified atom stereocenters.